The Bertz CT molecular complexity index is 528. The molecule has 4 heteroatoms. The minimum atomic E-state index is 0.678. The number of hydrogen-bond acceptors (Lipinski definition) is 4. The van der Waals surface area contributed by atoms with Gasteiger partial charge in [-0.05, 0) is 31.2 Å². The SMILES string of the molecule is COc1ccc2nc(C)cc(SCCN)c2c1. The third kappa shape index (κ3) is 2.70. The lowest BCUT2D eigenvalue weighted by Crippen LogP contribution is -2.01. The zero-order chi connectivity index (χ0) is 12.3. The first-order valence-corrected chi connectivity index (χ1v) is 6.51. The average molecular weight is 248 g/mol. The van der Waals surface area contributed by atoms with Crippen LogP contribution in [-0.4, -0.2) is 24.4 Å². The number of fused-ring (bicyclic) bond motifs is 1. The van der Waals surface area contributed by atoms with Crippen LogP contribution in [0.25, 0.3) is 10.9 Å². The maximum Gasteiger partial charge on any atom is 0.119 e. The lowest BCUT2D eigenvalue weighted by atomic mass is 10.2. The molecular formula is C13H16N2OS. The molecule has 0 aliphatic heterocycles. The topological polar surface area (TPSA) is 48.1 Å². The van der Waals surface area contributed by atoms with Gasteiger partial charge in [0.1, 0.15) is 5.75 Å². The lowest BCUT2D eigenvalue weighted by Gasteiger charge is -2.08. The molecule has 0 spiro atoms. The number of thioether (sulfide) groups is 1. The molecule has 0 unspecified atom stereocenters. The van der Waals surface area contributed by atoms with Gasteiger partial charge in [-0.15, -0.1) is 11.8 Å². The molecule has 3 nitrogen and oxygen atoms in total. The van der Waals surface area contributed by atoms with E-state index >= 15 is 0 Å². The van der Waals surface area contributed by atoms with Gasteiger partial charge in [0.05, 0.1) is 12.6 Å². The summed E-state index contributed by atoms with van der Waals surface area (Å²) in [6, 6.07) is 8.06. The fraction of sp³-hybridized carbons (Fsp3) is 0.308. The number of ether oxygens (including phenoxy) is 1. The number of methoxy groups -OCH3 is 1. The van der Waals surface area contributed by atoms with E-state index in [1.165, 1.54) is 4.90 Å². The highest BCUT2D eigenvalue weighted by Gasteiger charge is 2.05. The Kier molecular flexibility index (Phi) is 3.86. The van der Waals surface area contributed by atoms with E-state index in [9.17, 15) is 0 Å². The molecule has 0 amide bonds. The van der Waals surface area contributed by atoms with Gasteiger partial charge in [0.2, 0.25) is 0 Å². The van der Waals surface area contributed by atoms with Crippen LogP contribution in [0.2, 0.25) is 0 Å². The van der Waals surface area contributed by atoms with E-state index in [2.05, 4.69) is 11.1 Å². The second kappa shape index (κ2) is 5.38. The Morgan fingerprint density at radius 1 is 1.35 bits per heavy atom. The molecule has 1 aromatic heterocycles. The quantitative estimate of drug-likeness (QED) is 0.845. The molecule has 2 aromatic rings. The summed E-state index contributed by atoms with van der Waals surface area (Å²) in [7, 11) is 1.68. The molecule has 0 bridgehead atoms. The van der Waals surface area contributed by atoms with Gasteiger partial charge in [-0.1, -0.05) is 0 Å². The second-order valence-corrected chi connectivity index (χ2v) is 4.92. The van der Waals surface area contributed by atoms with E-state index in [0.29, 0.717) is 6.54 Å². The number of aromatic nitrogens is 1. The van der Waals surface area contributed by atoms with Crippen LogP contribution in [0, 0.1) is 6.92 Å². The Hall–Kier alpha value is -1.26. The maximum atomic E-state index is 5.55. The smallest absolute Gasteiger partial charge is 0.119 e. The summed E-state index contributed by atoms with van der Waals surface area (Å²) >= 11 is 1.76. The Morgan fingerprint density at radius 2 is 2.18 bits per heavy atom. The van der Waals surface area contributed by atoms with Crippen molar-refractivity contribution >= 4 is 22.7 Å². The first kappa shape index (κ1) is 12.2. The molecular weight excluding hydrogens is 232 g/mol. The summed E-state index contributed by atoms with van der Waals surface area (Å²) in [6.07, 6.45) is 0. The number of nitrogens with two attached hydrogens (primary N) is 1. The van der Waals surface area contributed by atoms with Crippen molar-refractivity contribution in [2.45, 2.75) is 11.8 Å². The van der Waals surface area contributed by atoms with Crippen molar-refractivity contribution in [1.29, 1.82) is 0 Å². The van der Waals surface area contributed by atoms with Crippen LogP contribution in [0.15, 0.2) is 29.2 Å². The van der Waals surface area contributed by atoms with Crippen LogP contribution in [0.1, 0.15) is 5.69 Å². The molecule has 0 fully saturated rings. The van der Waals surface area contributed by atoms with Gasteiger partial charge in [-0.25, -0.2) is 0 Å². The molecule has 0 saturated heterocycles. The van der Waals surface area contributed by atoms with Crippen LogP contribution in [0.4, 0.5) is 0 Å². The molecule has 0 atom stereocenters. The highest BCUT2D eigenvalue weighted by atomic mass is 32.2. The number of hydrogen-bond donors (Lipinski definition) is 1. The van der Waals surface area contributed by atoms with Crippen LogP contribution in [0.5, 0.6) is 5.75 Å². The van der Waals surface area contributed by atoms with E-state index < -0.39 is 0 Å². The summed E-state index contributed by atoms with van der Waals surface area (Å²) in [6.45, 7) is 2.69. The van der Waals surface area contributed by atoms with E-state index in [4.69, 9.17) is 10.5 Å². The third-order valence-electron chi connectivity index (χ3n) is 2.48. The summed E-state index contributed by atoms with van der Waals surface area (Å²) in [5.74, 6) is 1.77. The van der Waals surface area contributed by atoms with E-state index in [1.807, 2.05) is 25.1 Å². The van der Waals surface area contributed by atoms with Gasteiger partial charge < -0.3 is 10.5 Å². The molecule has 1 heterocycles. The highest BCUT2D eigenvalue weighted by Crippen LogP contribution is 2.30. The van der Waals surface area contributed by atoms with Gasteiger partial charge in [0, 0.05) is 28.3 Å². The standard InChI is InChI=1S/C13H16N2OS/c1-9-7-13(17-6-5-14)11-8-10(16-2)3-4-12(11)15-9/h3-4,7-8H,5-6,14H2,1-2H3. The molecule has 90 valence electrons. The van der Waals surface area contributed by atoms with Crippen molar-refractivity contribution in [3.8, 4) is 5.75 Å². The predicted molar refractivity (Wildman–Crippen MR) is 72.8 cm³/mol. The number of aryl methyl sites for hydroxylation is 1. The summed E-state index contributed by atoms with van der Waals surface area (Å²) < 4.78 is 5.25. The fourth-order valence-corrected chi connectivity index (χ4v) is 2.63. The van der Waals surface area contributed by atoms with Crippen LogP contribution in [-0.2, 0) is 0 Å². The molecule has 0 aliphatic carbocycles. The molecule has 2 rings (SSSR count). The van der Waals surface area contributed by atoms with Crippen molar-refractivity contribution in [3.63, 3.8) is 0 Å². The normalized spacial score (nSPS) is 10.8. The number of rotatable bonds is 4. The lowest BCUT2D eigenvalue weighted by molar-refractivity contribution is 0.415. The Labute approximate surface area is 105 Å². The zero-order valence-corrected chi connectivity index (χ0v) is 10.9. The van der Waals surface area contributed by atoms with Crippen LogP contribution in [0.3, 0.4) is 0 Å². The van der Waals surface area contributed by atoms with Crippen molar-refractivity contribution in [2.75, 3.05) is 19.4 Å². The number of nitrogens with zero attached hydrogens (tertiary/aromatic N) is 1. The predicted octanol–water partition coefficient (Wildman–Crippen LogP) is 2.60. The number of pyridine rings is 1. The average Bonchev–Trinajstić information content (AvgIpc) is 2.35. The van der Waals surface area contributed by atoms with E-state index in [0.717, 1.165) is 28.1 Å². The first-order chi connectivity index (χ1) is 8.24. The van der Waals surface area contributed by atoms with Crippen molar-refractivity contribution in [2.24, 2.45) is 5.73 Å². The molecule has 1 aromatic carbocycles. The monoisotopic (exact) mass is 248 g/mol. The van der Waals surface area contributed by atoms with Gasteiger partial charge >= 0.3 is 0 Å². The van der Waals surface area contributed by atoms with E-state index in [-0.39, 0.29) is 0 Å². The van der Waals surface area contributed by atoms with Gasteiger partial charge in [0.25, 0.3) is 0 Å². The minimum Gasteiger partial charge on any atom is -0.497 e. The van der Waals surface area contributed by atoms with Crippen LogP contribution < -0.4 is 10.5 Å². The fourth-order valence-electron chi connectivity index (χ4n) is 1.72. The van der Waals surface area contributed by atoms with E-state index in [1.54, 1.807) is 18.9 Å². The first-order valence-electron chi connectivity index (χ1n) is 5.53. The zero-order valence-electron chi connectivity index (χ0n) is 10.1. The maximum absolute atomic E-state index is 5.55. The molecule has 0 radical (unpaired) electrons. The summed E-state index contributed by atoms with van der Waals surface area (Å²) in [5, 5.41) is 1.13. The van der Waals surface area contributed by atoms with Gasteiger partial charge in [0.15, 0.2) is 0 Å². The molecule has 0 saturated carbocycles. The Balaban J connectivity index is 2.53. The summed E-state index contributed by atoms with van der Waals surface area (Å²) in [4.78, 5) is 5.74. The molecule has 2 N–H and O–H groups in total. The molecule has 17 heavy (non-hydrogen) atoms. The highest BCUT2D eigenvalue weighted by molar-refractivity contribution is 7.99. The summed E-state index contributed by atoms with van der Waals surface area (Å²) in [5.41, 5.74) is 7.59. The van der Waals surface area contributed by atoms with Gasteiger partial charge in [-0.2, -0.15) is 0 Å². The second-order valence-electron chi connectivity index (χ2n) is 3.78. The minimum absolute atomic E-state index is 0.678. The van der Waals surface area contributed by atoms with Gasteiger partial charge in [-0.3, -0.25) is 4.98 Å². The van der Waals surface area contributed by atoms with Crippen molar-refractivity contribution < 1.29 is 4.74 Å². The van der Waals surface area contributed by atoms with Crippen LogP contribution >= 0.6 is 11.8 Å². The number of benzene rings is 1. The largest absolute Gasteiger partial charge is 0.497 e. The van der Waals surface area contributed by atoms with Crippen molar-refractivity contribution in [1.82, 2.24) is 4.98 Å². The van der Waals surface area contributed by atoms with Crippen molar-refractivity contribution in [3.05, 3.63) is 30.0 Å². The Morgan fingerprint density at radius 3 is 2.88 bits per heavy atom. The molecule has 0 aliphatic rings. The third-order valence-corrected chi connectivity index (χ3v) is 3.57.